The molecule has 1 heterocycles. The van der Waals surface area contributed by atoms with Crippen molar-refractivity contribution in [3.63, 3.8) is 0 Å². The first-order valence-corrected chi connectivity index (χ1v) is 7.73. The molecule has 0 spiro atoms. The average Bonchev–Trinajstić information content (AvgIpc) is 2.85. The van der Waals surface area contributed by atoms with Gasteiger partial charge < -0.3 is 5.73 Å². The van der Waals surface area contributed by atoms with E-state index in [1.165, 1.54) is 31.2 Å². The highest BCUT2D eigenvalue weighted by Gasteiger charge is 2.23. The van der Waals surface area contributed by atoms with Gasteiger partial charge >= 0.3 is 0 Å². The molecule has 0 saturated heterocycles. The molecular weight excluding hydrogens is 236 g/mol. The monoisotopic (exact) mass is 264 g/mol. The van der Waals surface area contributed by atoms with E-state index >= 15 is 0 Å². The van der Waals surface area contributed by atoms with Crippen molar-refractivity contribution in [1.29, 1.82) is 0 Å². The van der Waals surface area contributed by atoms with Crippen LogP contribution in [0.4, 0.5) is 0 Å². The zero-order chi connectivity index (χ0) is 13.7. The molecule has 1 aliphatic rings. The van der Waals surface area contributed by atoms with Crippen LogP contribution >= 0.6 is 0 Å². The van der Waals surface area contributed by atoms with Crippen LogP contribution in [0.3, 0.4) is 0 Å². The van der Waals surface area contributed by atoms with E-state index in [1.54, 1.807) is 0 Å². The summed E-state index contributed by atoms with van der Waals surface area (Å²) in [6.45, 7) is 7.60. The van der Waals surface area contributed by atoms with E-state index in [0.29, 0.717) is 12.1 Å². The predicted molar refractivity (Wildman–Crippen MR) is 78.8 cm³/mol. The number of hydrogen-bond donors (Lipinski definition) is 1. The topological polar surface area (TPSA) is 47.1 Å². The summed E-state index contributed by atoms with van der Waals surface area (Å²) >= 11 is 0. The SMILES string of the molecule is CCCn1cc(CN(CC)C2CCC(N)CC2)cn1. The lowest BCUT2D eigenvalue weighted by atomic mass is 9.90. The fourth-order valence-corrected chi connectivity index (χ4v) is 3.04. The zero-order valence-electron chi connectivity index (χ0n) is 12.4. The Kier molecular flexibility index (Phi) is 5.40. The fraction of sp³-hybridized carbons (Fsp3) is 0.800. The van der Waals surface area contributed by atoms with Crippen LogP contribution in [0.2, 0.25) is 0 Å². The van der Waals surface area contributed by atoms with E-state index < -0.39 is 0 Å². The maximum absolute atomic E-state index is 6.00. The Morgan fingerprint density at radius 3 is 2.68 bits per heavy atom. The third kappa shape index (κ3) is 4.05. The van der Waals surface area contributed by atoms with Crippen LogP contribution in [0.1, 0.15) is 51.5 Å². The van der Waals surface area contributed by atoms with Crippen LogP contribution in [0, 0.1) is 0 Å². The Morgan fingerprint density at radius 1 is 1.32 bits per heavy atom. The summed E-state index contributed by atoms with van der Waals surface area (Å²) in [5.74, 6) is 0. The molecule has 4 nitrogen and oxygen atoms in total. The second-order valence-electron chi connectivity index (χ2n) is 5.74. The molecule has 2 N–H and O–H groups in total. The van der Waals surface area contributed by atoms with Crippen LogP contribution < -0.4 is 5.73 Å². The fourth-order valence-electron chi connectivity index (χ4n) is 3.04. The molecule has 1 saturated carbocycles. The maximum Gasteiger partial charge on any atom is 0.0534 e. The Morgan fingerprint density at radius 2 is 2.05 bits per heavy atom. The molecule has 1 fully saturated rings. The van der Waals surface area contributed by atoms with Crippen molar-refractivity contribution in [2.45, 2.75) is 71.1 Å². The van der Waals surface area contributed by atoms with Crippen molar-refractivity contribution in [2.24, 2.45) is 5.73 Å². The summed E-state index contributed by atoms with van der Waals surface area (Å²) in [7, 11) is 0. The first-order valence-electron chi connectivity index (χ1n) is 7.73. The van der Waals surface area contributed by atoms with Crippen LogP contribution in [-0.2, 0) is 13.1 Å². The smallest absolute Gasteiger partial charge is 0.0534 e. The molecule has 19 heavy (non-hydrogen) atoms. The summed E-state index contributed by atoms with van der Waals surface area (Å²) in [5, 5.41) is 4.42. The maximum atomic E-state index is 6.00. The molecule has 4 heteroatoms. The molecule has 0 unspecified atom stereocenters. The second-order valence-corrected chi connectivity index (χ2v) is 5.74. The molecule has 1 aromatic heterocycles. The third-order valence-electron chi connectivity index (χ3n) is 4.19. The molecule has 1 aromatic rings. The van der Waals surface area contributed by atoms with Gasteiger partial charge in [0.25, 0.3) is 0 Å². The molecule has 0 aliphatic heterocycles. The normalized spacial score (nSPS) is 24.0. The largest absolute Gasteiger partial charge is 0.328 e. The van der Waals surface area contributed by atoms with E-state index in [-0.39, 0.29) is 0 Å². The van der Waals surface area contributed by atoms with Crippen molar-refractivity contribution in [2.75, 3.05) is 6.54 Å². The molecule has 1 aliphatic carbocycles. The number of aryl methyl sites for hydroxylation is 1. The zero-order valence-corrected chi connectivity index (χ0v) is 12.4. The highest BCUT2D eigenvalue weighted by molar-refractivity contribution is 5.04. The van der Waals surface area contributed by atoms with Gasteiger partial charge in [0.2, 0.25) is 0 Å². The Balaban J connectivity index is 1.90. The van der Waals surface area contributed by atoms with Crippen LogP contribution in [0.15, 0.2) is 12.4 Å². The lowest BCUT2D eigenvalue weighted by Crippen LogP contribution is -2.40. The second kappa shape index (κ2) is 7.06. The number of hydrogen-bond acceptors (Lipinski definition) is 3. The van der Waals surface area contributed by atoms with E-state index in [4.69, 9.17) is 5.73 Å². The lowest BCUT2D eigenvalue weighted by molar-refractivity contribution is 0.149. The summed E-state index contributed by atoms with van der Waals surface area (Å²) in [4.78, 5) is 2.58. The summed E-state index contributed by atoms with van der Waals surface area (Å²) < 4.78 is 2.06. The number of rotatable bonds is 6. The minimum Gasteiger partial charge on any atom is -0.328 e. The van der Waals surface area contributed by atoms with Crippen molar-refractivity contribution in [1.82, 2.24) is 14.7 Å². The van der Waals surface area contributed by atoms with Gasteiger partial charge in [0.05, 0.1) is 6.20 Å². The Hall–Kier alpha value is -0.870. The van der Waals surface area contributed by atoms with E-state index in [0.717, 1.165) is 26.1 Å². The summed E-state index contributed by atoms with van der Waals surface area (Å²) in [6.07, 6.45) is 10.2. The van der Waals surface area contributed by atoms with Gasteiger partial charge in [-0.25, -0.2) is 0 Å². The van der Waals surface area contributed by atoms with Crippen molar-refractivity contribution < 1.29 is 0 Å². The summed E-state index contributed by atoms with van der Waals surface area (Å²) in [5.41, 5.74) is 7.33. The summed E-state index contributed by atoms with van der Waals surface area (Å²) in [6, 6.07) is 1.14. The minimum absolute atomic E-state index is 0.433. The first-order chi connectivity index (χ1) is 9.22. The quantitative estimate of drug-likeness (QED) is 0.858. The van der Waals surface area contributed by atoms with Gasteiger partial charge in [-0.05, 0) is 38.6 Å². The molecule has 2 rings (SSSR count). The van der Waals surface area contributed by atoms with E-state index in [9.17, 15) is 0 Å². The Bertz CT molecular complexity index is 366. The highest BCUT2D eigenvalue weighted by Crippen LogP contribution is 2.23. The van der Waals surface area contributed by atoms with Crippen LogP contribution in [0.5, 0.6) is 0 Å². The predicted octanol–water partition coefficient (Wildman–Crippen LogP) is 2.38. The van der Waals surface area contributed by atoms with Crippen LogP contribution in [-0.4, -0.2) is 33.3 Å². The minimum atomic E-state index is 0.433. The van der Waals surface area contributed by atoms with Crippen LogP contribution in [0.25, 0.3) is 0 Å². The van der Waals surface area contributed by atoms with Gasteiger partial charge in [-0.1, -0.05) is 13.8 Å². The van der Waals surface area contributed by atoms with E-state index in [2.05, 4.69) is 34.7 Å². The molecule has 108 valence electrons. The standard InChI is InChI=1S/C15H28N4/c1-3-9-19-12-13(10-17-19)11-18(4-2)15-7-5-14(16)6-8-15/h10,12,14-15H,3-9,11,16H2,1-2H3. The molecular formula is C15H28N4. The highest BCUT2D eigenvalue weighted by atomic mass is 15.3. The van der Waals surface area contributed by atoms with Gasteiger partial charge in [0, 0.05) is 36.9 Å². The van der Waals surface area contributed by atoms with Gasteiger partial charge in [-0.15, -0.1) is 0 Å². The number of nitrogens with two attached hydrogens (primary N) is 1. The first kappa shape index (κ1) is 14.5. The Labute approximate surface area is 117 Å². The van der Waals surface area contributed by atoms with Crippen molar-refractivity contribution in [3.05, 3.63) is 18.0 Å². The molecule has 0 amide bonds. The average molecular weight is 264 g/mol. The van der Waals surface area contributed by atoms with Gasteiger partial charge in [-0.2, -0.15) is 5.10 Å². The van der Waals surface area contributed by atoms with Gasteiger partial charge in [-0.3, -0.25) is 9.58 Å². The van der Waals surface area contributed by atoms with E-state index in [1.807, 2.05) is 6.20 Å². The number of nitrogens with zero attached hydrogens (tertiary/aromatic N) is 3. The van der Waals surface area contributed by atoms with Crippen molar-refractivity contribution >= 4 is 0 Å². The van der Waals surface area contributed by atoms with Gasteiger partial charge in [0.1, 0.15) is 0 Å². The molecule has 0 radical (unpaired) electrons. The number of aromatic nitrogens is 2. The third-order valence-corrected chi connectivity index (χ3v) is 4.19. The van der Waals surface area contributed by atoms with Crippen molar-refractivity contribution in [3.8, 4) is 0 Å². The molecule has 0 atom stereocenters. The molecule has 0 aromatic carbocycles. The molecule has 0 bridgehead atoms. The van der Waals surface area contributed by atoms with Gasteiger partial charge in [0.15, 0.2) is 0 Å². The lowest BCUT2D eigenvalue weighted by Gasteiger charge is -2.35.